The van der Waals surface area contributed by atoms with Crippen molar-refractivity contribution in [3.63, 3.8) is 0 Å². The number of H-pyrrole nitrogens is 1. The number of carbonyl (C=O) groups is 1. The third-order valence-electron chi connectivity index (χ3n) is 3.39. The number of hydrogen-bond acceptors (Lipinski definition) is 2. The maximum Gasteiger partial charge on any atom is 0.161 e. The predicted octanol–water partition coefficient (Wildman–Crippen LogP) is 2.36. The predicted molar refractivity (Wildman–Crippen MR) is 65.3 cm³/mol. The highest BCUT2D eigenvalue weighted by atomic mass is 16.1. The first-order chi connectivity index (χ1) is 7.66. The lowest BCUT2D eigenvalue weighted by atomic mass is 10.1. The number of fused-ring (bicyclic) bond motifs is 2. The van der Waals surface area contributed by atoms with Crippen molar-refractivity contribution in [2.45, 2.75) is 13.3 Å². The summed E-state index contributed by atoms with van der Waals surface area (Å²) in [6.45, 7) is 2.68. The van der Waals surface area contributed by atoms with Crippen LogP contribution in [-0.2, 0) is 6.42 Å². The molecule has 3 nitrogen and oxygen atoms in total. The van der Waals surface area contributed by atoms with Gasteiger partial charge in [0, 0.05) is 41.9 Å². The monoisotopic (exact) mass is 214 g/mol. The fourth-order valence-electron chi connectivity index (χ4n) is 2.46. The Bertz CT molecular complexity index is 583. The van der Waals surface area contributed by atoms with Gasteiger partial charge < -0.3 is 9.88 Å². The summed E-state index contributed by atoms with van der Waals surface area (Å²) >= 11 is 0. The number of likely N-dealkylation sites (N-methyl/N-ethyl adjacent to an activating group) is 1. The van der Waals surface area contributed by atoms with Gasteiger partial charge in [0.1, 0.15) is 0 Å². The SMILES string of the molecule is CC(=O)c1c[nH]c2cc3c(cc12)N(C)CC3. The largest absolute Gasteiger partial charge is 0.374 e. The number of nitrogens with one attached hydrogen (secondary N) is 1. The molecule has 0 unspecified atom stereocenters. The maximum atomic E-state index is 11.5. The second-order valence-electron chi connectivity index (χ2n) is 4.46. The Morgan fingerprint density at radius 2 is 2.25 bits per heavy atom. The third kappa shape index (κ3) is 1.18. The molecule has 0 atom stereocenters. The van der Waals surface area contributed by atoms with E-state index in [1.807, 2.05) is 6.20 Å². The number of rotatable bonds is 1. The molecular formula is C13H14N2O. The molecule has 0 aliphatic carbocycles. The van der Waals surface area contributed by atoms with Gasteiger partial charge in [0.25, 0.3) is 0 Å². The molecule has 1 aromatic heterocycles. The Morgan fingerprint density at radius 1 is 1.44 bits per heavy atom. The van der Waals surface area contributed by atoms with Crippen molar-refractivity contribution in [2.75, 3.05) is 18.5 Å². The van der Waals surface area contributed by atoms with E-state index in [9.17, 15) is 4.79 Å². The summed E-state index contributed by atoms with van der Waals surface area (Å²) in [5, 5.41) is 1.04. The molecule has 1 aromatic carbocycles. The van der Waals surface area contributed by atoms with Crippen LogP contribution in [0, 0.1) is 0 Å². The summed E-state index contributed by atoms with van der Waals surface area (Å²) < 4.78 is 0. The summed E-state index contributed by atoms with van der Waals surface area (Å²) in [6, 6.07) is 4.30. The fourth-order valence-corrected chi connectivity index (χ4v) is 2.46. The number of hydrogen-bond donors (Lipinski definition) is 1. The van der Waals surface area contributed by atoms with Crippen LogP contribution in [0.2, 0.25) is 0 Å². The lowest BCUT2D eigenvalue weighted by Crippen LogP contribution is -2.12. The van der Waals surface area contributed by atoms with E-state index in [4.69, 9.17) is 0 Å². The summed E-state index contributed by atoms with van der Waals surface area (Å²) in [7, 11) is 2.10. The Morgan fingerprint density at radius 3 is 3.00 bits per heavy atom. The van der Waals surface area contributed by atoms with E-state index in [-0.39, 0.29) is 5.78 Å². The van der Waals surface area contributed by atoms with Gasteiger partial charge >= 0.3 is 0 Å². The molecule has 0 saturated carbocycles. The number of aromatic nitrogens is 1. The number of ketones is 1. The smallest absolute Gasteiger partial charge is 0.161 e. The van der Waals surface area contributed by atoms with E-state index >= 15 is 0 Å². The summed E-state index contributed by atoms with van der Waals surface area (Å²) in [5.41, 5.74) is 4.49. The van der Waals surface area contributed by atoms with E-state index < -0.39 is 0 Å². The summed E-state index contributed by atoms with van der Waals surface area (Å²) in [4.78, 5) is 16.9. The van der Waals surface area contributed by atoms with E-state index in [2.05, 4.69) is 29.1 Å². The van der Waals surface area contributed by atoms with E-state index in [1.165, 1.54) is 11.3 Å². The molecule has 3 heteroatoms. The number of carbonyl (C=O) groups excluding carboxylic acids is 1. The lowest BCUT2D eigenvalue weighted by molar-refractivity contribution is 0.101. The van der Waals surface area contributed by atoms with Crippen molar-refractivity contribution >= 4 is 22.4 Å². The van der Waals surface area contributed by atoms with Gasteiger partial charge in [0.05, 0.1) is 0 Å². The minimum Gasteiger partial charge on any atom is -0.374 e. The first-order valence-electron chi connectivity index (χ1n) is 5.53. The van der Waals surface area contributed by atoms with Crippen LogP contribution in [0.15, 0.2) is 18.3 Å². The van der Waals surface area contributed by atoms with Crippen LogP contribution in [0.1, 0.15) is 22.8 Å². The molecule has 1 N–H and O–H groups in total. The van der Waals surface area contributed by atoms with Crippen molar-refractivity contribution in [2.24, 2.45) is 0 Å². The van der Waals surface area contributed by atoms with Crippen molar-refractivity contribution < 1.29 is 4.79 Å². The van der Waals surface area contributed by atoms with Crippen molar-refractivity contribution in [3.05, 3.63) is 29.5 Å². The van der Waals surface area contributed by atoms with Gasteiger partial charge in [-0.05, 0) is 31.0 Å². The Kier molecular flexibility index (Phi) is 1.84. The number of benzene rings is 1. The van der Waals surface area contributed by atoms with Crippen LogP contribution in [0.5, 0.6) is 0 Å². The molecule has 1 aliphatic heterocycles. The second kappa shape index (κ2) is 3.11. The Labute approximate surface area is 94.1 Å². The van der Waals surface area contributed by atoms with Gasteiger partial charge in [-0.15, -0.1) is 0 Å². The van der Waals surface area contributed by atoms with E-state index in [1.54, 1.807) is 6.92 Å². The standard InChI is InChI=1S/C13H14N2O/c1-8(16)11-7-14-12-5-9-3-4-15(2)13(9)6-10(11)12/h5-7,14H,3-4H2,1-2H3. The molecule has 2 heterocycles. The molecule has 0 bridgehead atoms. The topological polar surface area (TPSA) is 36.1 Å². The van der Waals surface area contributed by atoms with Gasteiger partial charge in [-0.25, -0.2) is 0 Å². The van der Waals surface area contributed by atoms with E-state index in [0.717, 1.165) is 29.4 Å². The van der Waals surface area contributed by atoms with Gasteiger partial charge in [0.15, 0.2) is 5.78 Å². The highest BCUT2D eigenvalue weighted by Gasteiger charge is 2.18. The zero-order chi connectivity index (χ0) is 11.3. The average Bonchev–Trinajstić information content (AvgIpc) is 2.80. The highest BCUT2D eigenvalue weighted by molar-refractivity contribution is 6.07. The summed E-state index contributed by atoms with van der Waals surface area (Å²) in [5.74, 6) is 0.117. The van der Waals surface area contributed by atoms with Crippen molar-refractivity contribution in [3.8, 4) is 0 Å². The Balaban J connectivity index is 2.30. The lowest BCUT2D eigenvalue weighted by Gasteiger charge is -2.11. The average molecular weight is 214 g/mol. The normalized spacial score (nSPS) is 14.5. The molecule has 0 fully saturated rings. The van der Waals surface area contributed by atoms with Crippen LogP contribution >= 0.6 is 0 Å². The fraction of sp³-hybridized carbons (Fsp3) is 0.308. The van der Waals surface area contributed by atoms with Gasteiger partial charge in [-0.1, -0.05) is 0 Å². The van der Waals surface area contributed by atoms with Crippen LogP contribution in [0.25, 0.3) is 10.9 Å². The first kappa shape index (κ1) is 9.46. The number of anilines is 1. The zero-order valence-electron chi connectivity index (χ0n) is 9.50. The molecule has 0 radical (unpaired) electrons. The quantitative estimate of drug-likeness (QED) is 0.740. The molecular weight excluding hydrogens is 200 g/mol. The van der Waals surface area contributed by atoms with Crippen molar-refractivity contribution in [1.29, 1.82) is 0 Å². The molecule has 16 heavy (non-hydrogen) atoms. The Hall–Kier alpha value is -1.77. The number of aromatic amines is 1. The van der Waals surface area contributed by atoms with Crippen LogP contribution in [-0.4, -0.2) is 24.4 Å². The highest BCUT2D eigenvalue weighted by Crippen LogP contribution is 2.32. The minimum absolute atomic E-state index is 0.117. The molecule has 1 aliphatic rings. The molecule has 0 spiro atoms. The molecule has 0 saturated heterocycles. The number of nitrogens with zero attached hydrogens (tertiary/aromatic N) is 1. The van der Waals surface area contributed by atoms with Crippen LogP contribution in [0.3, 0.4) is 0 Å². The van der Waals surface area contributed by atoms with Crippen LogP contribution in [0.4, 0.5) is 5.69 Å². The van der Waals surface area contributed by atoms with E-state index in [0.29, 0.717) is 0 Å². The van der Waals surface area contributed by atoms with Crippen LogP contribution < -0.4 is 4.90 Å². The van der Waals surface area contributed by atoms with Gasteiger partial charge in [0.2, 0.25) is 0 Å². The second-order valence-corrected chi connectivity index (χ2v) is 4.46. The summed E-state index contributed by atoms with van der Waals surface area (Å²) in [6.07, 6.45) is 2.90. The zero-order valence-corrected chi connectivity index (χ0v) is 9.50. The third-order valence-corrected chi connectivity index (χ3v) is 3.39. The van der Waals surface area contributed by atoms with Gasteiger partial charge in [-0.2, -0.15) is 0 Å². The maximum absolute atomic E-state index is 11.5. The first-order valence-corrected chi connectivity index (χ1v) is 5.53. The molecule has 2 aromatic rings. The molecule has 82 valence electrons. The van der Waals surface area contributed by atoms with Gasteiger partial charge in [-0.3, -0.25) is 4.79 Å². The van der Waals surface area contributed by atoms with Crippen molar-refractivity contribution in [1.82, 2.24) is 4.98 Å². The minimum atomic E-state index is 0.117. The molecule has 0 amide bonds. The molecule has 3 rings (SSSR count). The number of Topliss-reactive ketones (excluding diaryl/α,β-unsaturated/α-hetero) is 1.